The van der Waals surface area contributed by atoms with E-state index in [0.29, 0.717) is 0 Å². The van der Waals surface area contributed by atoms with Crippen LogP contribution in [0.2, 0.25) is 0 Å². The van der Waals surface area contributed by atoms with Gasteiger partial charge in [-0.15, -0.1) is 0 Å². The summed E-state index contributed by atoms with van der Waals surface area (Å²) in [6.45, 7) is 4.58. The van der Waals surface area contributed by atoms with E-state index in [9.17, 15) is 0 Å². The number of benzene rings is 3. The quantitative estimate of drug-likeness (QED) is 0.304. The first-order valence-corrected chi connectivity index (χ1v) is 14.2. The summed E-state index contributed by atoms with van der Waals surface area (Å²) in [7, 11) is -1.49. The van der Waals surface area contributed by atoms with Gasteiger partial charge in [-0.3, -0.25) is 0 Å². The molecule has 0 radical (unpaired) electrons. The lowest BCUT2D eigenvalue weighted by molar-refractivity contribution is 0.794. The van der Waals surface area contributed by atoms with Crippen LogP contribution >= 0.6 is 0 Å². The molecule has 0 heterocycles. The Labute approximate surface area is 196 Å². The fraction of sp³-hybridized carbons (Fsp3) is 0.290. The molecule has 0 unspecified atom stereocenters. The summed E-state index contributed by atoms with van der Waals surface area (Å²) in [5.41, 5.74) is 6.10. The average Bonchev–Trinajstić information content (AvgIpc) is 3.26. The molecule has 0 saturated carbocycles. The number of rotatable bonds is 10. The zero-order valence-corrected chi connectivity index (χ0v) is 20.8. The Morgan fingerprint density at radius 2 is 1.22 bits per heavy atom. The lowest BCUT2D eigenvalue weighted by Gasteiger charge is -2.22. The van der Waals surface area contributed by atoms with E-state index in [0.717, 1.165) is 6.42 Å². The van der Waals surface area contributed by atoms with Gasteiger partial charge in [0.15, 0.2) is 0 Å². The molecule has 1 aliphatic rings. The van der Waals surface area contributed by atoms with Gasteiger partial charge in [-0.05, 0) is 54.4 Å². The minimum atomic E-state index is -1.49. The second-order valence-electron chi connectivity index (χ2n) is 8.98. The van der Waals surface area contributed by atoms with Crippen molar-refractivity contribution >= 4 is 24.7 Å². The first-order chi connectivity index (χ1) is 15.8. The molecular weight excluding hydrogens is 400 g/mol. The number of hydrogen-bond acceptors (Lipinski definition) is 0. The van der Waals surface area contributed by atoms with Gasteiger partial charge in [0.25, 0.3) is 0 Å². The summed E-state index contributed by atoms with van der Waals surface area (Å²) < 4.78 is 0. The molecule has 3 aromatic rings. The van der Waals surface area contributed by atoms with Crippen LogP contribution in [0.4, 0.5) is 0 Å². The molecule has 0 amide bonds. The van der Waals surface area contributed by atoms with Crippen LogP contribution in [0.3, 0.4) is 0 Å². The van der Waals surface area contributed by atoms with Gasteiger partial charge in [0.1, 0.15) is 8.80 Å². The monoisotopic (exact) mass is 436 g/mol. The Hall–Kier alpha value is -2.64. The Kier molecular flexibility index (Phi) is 7.95. The van der Waals surface area contributed by atoms with E-state index in [2.05, 4.69) is 105 Å². The third-order valence-corrected chi connectivity index (χ3v) is 10.0. The van der Waals surface area contributed by atoms with Crippen LogP contribution in [0.1, 0.15) is 63.5 Å². The first-order valence-electron chi connectivity index (χ1n) is 12.4. The lowest BCUT2D eigenvalue weighted by atomic mass is 9.96. The molecule has 0 N–H and O–H groups in total. The third kappa shape index (κ3) is 5.22. The topological polar surface area (TPSA) is 0 Å². The fourth-order valence-corrected chi connectivity index (χ4v) is 8.30. The second-order valence-corrected chi connectivity index (χ2v) is 11.8. The number of hydrogen-bond donors (Lipinski definition) is 0. The molecule has 0 bridgehead atoms. The van der Waals surface area contributed by atoms with Gasteiger partial charge < -0.3 is 0 Å². The van der Waals surface area contributed by atoms with Crippen LogP contribution in [0.15, 0.2) is 102 Å². The number of unbranched alkanes of at least 4 members (excludes halogenated alkanes) is 2. The van der Waals surface area contributed by atoms with Gasteiger partial charge >= 0.3 is 0 Å². The number of aryl methyl sites for hydroxylation is 1. The van der Waals surface area contributed by atoms with Crippen molar-refractivity contribution in [3.05, 3.63) is 113 Å². The van der Waals surface area contributed by atoms with Crippen LogP contribution in [0, 0.1) is 0 Å². The highest BCUT2D eigenvalue weighted by molar-refractivity contribution is 6.91. The van der Waals surface area contributed by atoms with Crippen LogP contribution in [0.25, 0.3) is 5.57 Å². The third-order valence-electron chi connectivity index (χ3n) is 6.72. The lowest BCUT2D eigenvalue weighted by Crippen LogP contribution is -2.44. The van der Waals surface area contributed by atoms with Crippen LogP contribution in [-0.4, -0.2) is 8.80 Å². The molecule has 1 aliphatic carbocycles. The molecule has 0 spiro atoms. The van der Waals surface area contributed by atoms with Crippen molar-refractivity contribution < 1.29 is 0 Å². The SMILES string of the molecule is CCCCC1=C(c2ccc(CCCC)cc2)CC=C1[SiH](c1ccccc1)c1ccccc1. The first kappa shape index (κ1) is 22.5. The average molecular weight is 437 g/mol. The highest BCUT2D eigenvalue weighted by Crippen LogP contribution is 2.37. The molecule has 0 aliphatic heterocycles. The second kappa shape index (κ2) is 11.3. The van der Waals surface area contributed by atoms with Gasteiger partial charge in [0, 0.05) is 0 Å². The van der Waals surface area contributed by atoms with Crippen molar-refractivity contribution in [1.82, 2.24) is 0 Å². The Morgan fingerprint density at radius 1 is 0.656 bits per heavy atom. The predicted molar refractivity (Wildman–Crippen MR) is 143 cm³/mol. The fourth-order valence-electron chi connectivity index (χ4n) is 4.96. The van der Waals surface area contributed by atoms with Crippen LogP contribution in [-0.2, 0) is 6.42 Å². The highest BCUT2D eigenvalue weighted by Gasteiger charge is 2.28. The minimum absolute atomic E-state index is 1.08. The highest BCUT2D eigenvalue weighted by atomic mass is 28.3. The summed E-state index contributed by atoms with van der Waals surface area (Å²) in [6, 6.07) is 32.0. The van der Waals surface area contributed by atoms with E-state index in [1.807, 2.05) is 0 Å². The Balaban J connectivity index is 1.74. The summed E-state index contributed by atoms with van der Waals surface area (Å²) in [6.07, 6.45) is 11.1. The van der Waals surface area contributed by atoms with Gasteiger partial charge in [0.2, 0.25) is 0 Å². The van der Waals surface area contributed by atoms with E-state index in [1.54, 1.807) is 16.3 Å². The van der Waals surface area contributed by atoms with E-state index >= 15 is 0 Å². The van der Waals surface area contributed by atoms with Crippen molar-refractivity contribution in [2.24, 2.45) is 0 Å². The molecule has 0 saturated heterocycles. The Morgan fingerprint density at radius 3 is 1.78 bits per heavy atom. The van der Waals surface area contributed by atoms with Gasteiger partial charge in [-0.1, -0.05) is 133 Å². The molecule has 0 atom stereocenters. The molecule has 0 fully saturated rings. The molecular formula is C31H36Si. The molecule has 0 aromatic heterocycles. The van der Waals surface area contributed by atoms with Gasteiger partial charge in [-0.2, -0.15) is 0 Å². The smallest absolute Gasteiger partial charge is 0.0801 e. The normalized spacial score (nSPS) is 13.7. The number of allylic oxidation sites excluding steroid dienone is 4. The molecule has 0 nitrogen and oxygen atoms in total. The van der Waals surface area contributed by atoms with Crippen LogP contribution in [0.5, 0.6) is 0 Å². The largest absolute Gasteiger partial charge is 0.132 e. The summed E-state index contributed by atoms with van der Waals surface area (Å²) in [4.78, 5) is 0. The van der Waals surface area contributed by atoms with Gasteiger partial charge in [-0.25, -0.2) is 0 Å². The van der Waals surface area contributed by atoms with E-state index in [1.165, 1.54) is 60.0 Å². The van der Waals surface area contributed by atoms with E-state index in [4.69, 9.17) is 0 Å². The zero-order valence-electron chi connectivity index (χ0n) is 19.7. The van der Waals surface area contributed by atoms with Crippen molar-refractivity contribution in [3.63, 3.8) is 0 Å². The predicted octanol–water partition coefficient (Wildman–Crippen LogP) is 6.88. The van der Waals surface area contributed by atoms with Crippen molar-refractivity contribution in [1.29, 1.82) is 0 Å². The summed E-state index contributed by atoms with van der Waals surface area (Å²) in [5, 5.41) is 4.70. The molecule has 4 rings (SSSR count). The summed E-state index contributed by atoms with van der Waals surface area (Å²) in [5.74, 6) is 0. The summed E-state index contributed by atoms with van der Waals surface area (Å²) >= 11 is 0. The Bertz CT molecular complexity index is 1000. The molecule has 164 valence electrons. The molecule has 32 heavy (non-hydrogen) atoms. The van der Waals surface area contributed by atoms with Crippen molar-refractivity contribution in [2.45, 2.75) is 58.8 Å². The maximum Gasteiger partial charge on any atom is 0.132 e. The maximum absolute atomic E-state index is 2.57. The van der Waals surface area contributed by atoms with Crippen molar-refractivity contribution in [3.8, 4) is 0 Å². The standard InChI is InChI=1S/C31H36Si/c1-3-5-13-25-19-21-26(22-20-25)29-23-24-31(30(29)18-6-4-2)32(27-14-9-7-10-15-27)28-16-11-8-12-17-28/h7-12,14-17,19-22,24,32H,3-6,13,18,23H2,1-2H3. The van der Waals surface area contributed by atoms with Gasteiger partial charge in [0.05, 0.1) is 0 Å². The van der Waals surface area contributed by atoms with E-state index < -0.39 is 8.80 Å². The van der Waals surface area contributed by atoms with Crippen molar-refractivity contribution in [2.75, 3.05) is 0 Å². The molecule has 1 heteroatoms. The zero-order chi connectivity index (χ0) is 22.2. The minimum Gasteiger partial charge on any atom is -0.0801 e. The molecule has 3 aromatic carbocycles. The van der Waals surface area contributed by atoms with Crippen LogP contribution < -0.4 is 10.4 Å². The maximum atomic E-state index is 2.57. The van der Waals surface area contributed by atoms with E-state index in [-0.39, 0.29) is 0 Å².